The number of aliphatic hydroxyl groups excluding tert-OH is 1. The molecule has 34 heavy (non-hydrogen) atoms. The first-order valence-electron chi connectivity index (χ1n) is 12.1. The minimum Gasteiger partial charge on any atom is -0.456 e. The maximum Gasteiger partial charge on any atom is 0.306 e. The number of nitrogens with one attached hydrogen (secondary N) is 2. The highest BCUT2D eigenvalue weighted by atomic mass is 16.5. The van der Waals surface area contributed by atoms with Gasteiger partial charge >= 0.3 is 5.97 Å². The van der Waals surface area contributed by atoms with Crippen LogP contribution in [0.3, 0.4) is 0 Å². The average molecular weight is 471 g/mol. The zero-order chi connectivity index (χ0) is 24.8. The summed E-state index contributed by atoms with van der Waals surface area (Å²) < 4.78 is 5.66. The van der Waals surface area contributed by atoms with E-state index in [0.717, 1.165) is 37.7 Å². The van der Waals surface area contributed by atoms with E-state index >= 15 is 0 Å². The number of ether oxygens (including phenoxy) is 1. The maximum absolute atomic E-state index is 12.9. The SMILES string of the molecule is C=CCCCC(=O)O[C@@H](CNC(=O)[C@H](CC=C)CC(=O)NC1(CO)CCCC1)c1ccccc1. The van der Waals surface area contributed by atoms with Gasteiger partial charge < -0.3 is 20.5 Å². The lowest BCUT2D eigenvalue weighted by atomic mass is 9.95. The van der Waals surface area contributed by atoms with Crippen LogP contribution in [-0.2, 0) is 19.1 Å². The van der Waals surface area contributed by atoms with Gasteiger partial charge in [-0.3, -0.25) is 14.4 Å². The molecule has 1 saturated carbocycles. The lowest BCUT2D eigenvalue weighted by Gasteiger charge is -2.29. The number of allylic oxidation sites excluding steroid dienone is 2. The summed E-state index contributed by atoms with van der Waals surface area (Å²) in [6.45, 7) is 7.37. The Labute approximate surface area is 202 Å². The number of hydrogen-bond acceptors (Lipinski definition) is 5. The molecule has 3 N–H and O–H groups in total. The number of esters is 1. The van der Waals surface area contributed by atoms with E-state index in [2.05, 4.69) is 23.8 Å². The van der Waals surface area contributed by atoms with Gasteiger partial charge in [-0.15, -0.1) is 13.2 Å². The zero-order valence-electron chi connectivity index (χ0n) is 20.0. The molecule has 0 aliphatic heterocycles. The van der Waals surface area contributed by atoms with E-state index in [0.29, 0.717) is 12.8 Å². The number of carbonyl (C=O) groups excluding carboxylic acids is 3. The minimum absolute atomic E-state index is 0.00303. The summed E-state index contributed by atoms with van der Waals surface area (Å²) in [6.07, 6.45) is 8.14. The standard InChI is InChI=1S/C27H38N2O5/c1-3-5-7-15-25(32)34-23(21-13-8-6-9-14-21)19-28-26(33)22(12-4-2)18-24(31)29-27(20-30)16-10-11-17-27/h3-4,6,8-9,13-14,22-23,30H,1-2,5,7,10-12,15-20H2,(H,28,33)(H,29,31)/t22-,23+/m1/s1. The third-order valence-electron chi connectivity index (χ3n) is 6.22. The number of amides is 2. The molecule has 0 bridgehead atoms. The smallest absolute Gasteiger partial charge is 0.306 e. The first-order valence-corrected chi connectivity index (χ1v) is 12.1. The van der Waals surface area contributed by atoms with Gasteiger partial charge in [0.15, 0.2) is 0 Å². The molecule has 2 atom stereocenters. The Balaban J connectivity index is 1.98. The van der Waals surface area contributed by atoms with Crippen molar-refractivity contribution in [3.05, 3.63) is 61.2 Å². The fourth-order valence-corrected chi connectivity index (χ4v) is 4.27. The van der Waals surface area contributed by atoms with Crippen LogP contribution in [0.1, 0.15) is 69.5 Å². The molecule has 1 aromatic rings. The number of unbranched alkanes of at least 4 members (excludes halogenated alkanes) is 1. The van der Waals surface area contributed by atoms with E-state index in [-0.39, 0.29) is 43.8 Å². The van der Waals surface area contributed by atoms with Crippen LogP contribution in [0, 0.1) is 5.92 Å². The molecule has 0 aromatic heterocycles. The van der Waals surface area contributed by atoms with Crippen LogP contribution >= 0.6 is 0 Å². The van der Waals surface area contributed by atoms with Crippen molar-refractivity contribution in [2.75, 3.05) is 13.2 Å². The van der Waals surface area contributed by atoms with Crippen LogP contribution in [0.4, 0.5) is 0 Å². The molecule has 0 radical (unpaired) electrons. The number of benzene rings is 1. The zero-order valence-corrected chi connectivity index (χ0v) is 20.0. The van der Waals surface area contributed by atoms with Crippen molar-refractivity contribution in [2.24, 2.45) is 5.92 Å². The number of carbonyl (C=O) groups is 3. The Morgan fingerprint density at radius 2 is 1.82 bits per heavy atom. The molecule has 1 aromatic carbocycles. The molecule has 2 amide bonds. The second kappa shape index (κ2) is 14.4. The Bertz CT molecular complexity index is 818. The second-order valence-electron chi connectivity index (χ2n) is 8.93. The van der Waals surface area contributed by atoms with Gasteiger partial charge in [0.25, 0.3) is 0 Å². The van der Waals surface area contributed by atoms with Crippen LogP contribution < -0.4 is 10.6 Å². The monoisotopic (exact) mass is 470 g/mol. The fourth-order valence-electron chi connectivity index (χ4n) is 4.27. The molecule has 2 rings (SSSR count). The molecule has 1 aliphatic rings. The molecular weight excluding hydrogens is 432 g/mol. The van der Waals surface area contributed by atoms with Crippen molar-refractivity contribution in [1.29, 1.82) is 0 Å². The van der Waals surface area contributed by atoms with Crippen molar-refractivity contribution in [3.63, 3.8) is 0 Å². The molecule has 1 aliphatic carbocycles. The number of hydrogen-bond donors (Lipinski definition) is 3. The summed E-state index contributed by atoms with van der Waals surface area (Å²) >= 11 is 0. The Morgan fingerprint density at radius 1 is 1.12 bits per heavy atom. The van der Waals surface area contributed by atoms with Crippen LogP contribution in [0.25, 0.3) is 0 Å². The summed E-state index contributed by atoms with van der Waals surface area (Å²) in [5.41, 5.74) is 0.203. The molecule has 1 fully saturated rings. The van der Waals surface area contributed by atoms with E-state index in [4.69, 9.17) is 4.74 Å². The first kappa shape index (κ1) is 27.3. The molecule has 0 unspecified atom stereocenters. The highest BCUT2D eigenvalue weighted by molar-refractivity contribution is 5.86. The Kier molecular flexibility index (Phi) is 11.5. The van der Waals surface area contributed by atoms with E-state index in [9.17, 15) is 19.5 Å². The van der Waals surface area contributed by atoms with Crippen molar-refractivity contribution in [2.45, 2.75) is 69.4 Å². The quantitative estimate of drug-likeness (QED) is 0.206. The number of aliphatic hydroxyl groups is 1. The highest BCUT2D eigenvalue weighted by Crippen LogP contribution is 2.29. The van der Waals surface area contributed by atoms with Gasteiger partial charge in [0, 0.05) is 12.8 Å². The van der Waals surface area contributed by atoms with Gasteiger partial charge in [-0.1, -0.05) is 55.3 Å². The first-order chi connectivity index (χ1) is 16.4. The molecule has 7 heteroatoms. The molecule has 0 heterocycles. The second-order valence-corrected chi connectivity index (χ2v) is 8.93. The lowest BCUT2D eigenvalue weighted by Crippen LogP contribution is -2.50. The number of rotatable bonds is 15. The van der Waals surface area contributed by atoms with Crippen molar-refractivity contribution in [3.8, 4) is 0 Å². The van der Waals surface area contributed by atoms with E-state index in [1.807, 2.05) is 30.3 Å². The van der Waals surface area contributed by atoms with Gasteiger partial charge in [0.2, 0.25) is 11.8 Å². The van der Waals surface area contributed by atoms with Crippen molar-refractivity contribution in [1.82, 2.24) is 10.6 Å². The summed E-state index contributed by atoms with van der Waals surface area (Å²) in [5.74, 6) is -1.50. The summed E-state index contributed by atoms with van der Waals surface area (Å²) in [6, 6.07) is 9.26. The Morgan fingerprint density at radius 3 is 2.44 bits per heavy atom. The average Bonchev–Trinajstić information content (AvgIpc) is 3.30. The van der Waals surface area contributed by atoms with Crippen molar-refractivity contribution >= 4 is 17.8 Å². The summed E-state index contributed by atoms with van der Waals surface area (Å²) in [4.78, 5) is 37.9. The van der Waals surface area contributed by atoms with Crippen LogP contribution in [0.15, 0.2) is 55.6 Å². The predicted molar refractivity (Wildman–Crippen MR) is 132 cm³/mol. The van der Waals surface area contributed by atoms with Crippen LogP contribution in [0.5, 0.6) is 0 Å². The molecule has 0 saturated heterocycles. The lowest BCUT2D eigenvalue weighted by molar-refractivity contribution is -0.150. The summed E-state index contributed by atoms with van der Waals surface area (Å²) in [7, 11) is 0. The third-order valence-corrected chi connectivity index (χ3v) is 6.22. The summed E-state index contributed by atoms with van der Waals surface area (Å²) in [5, 5.41) is 15.5. The largest absolute Gasteiger partial charge is 0.456 e. The van der Waals surface area contributed by atoms with Gasteiger partial charge in [-0.2, -0.15) is 0 Å². The normalized spacial score (nSPS) is 16.1. The van der Waals surface area contributed by atoms with Gasteiger partial charge in [-0.25, -0.2) is 0 Å². The van der Waals surface area contributed by atoms with E-state index in [1.54, 1.807) is 12.2 Å². The molecule has 0 spiro atoms. The predicted octanol–water partition coefficient (Wildman–Crippen LogP) is 3.75. The van der Waals surface area contributed by atoms with E-state index < -0.39 is 17.6 Å². The van der Waals surface area contributed by atoms with Crippen LogP contribution in [0.2, 0.25) is 0 Å². The molecule has 7 nitrogen and oxygen atoms in total. The third kappa shape index (κ3) is 8.78. The van der Waals surface area contributed by atoms with Gasteiger partial charge in [-0.05, 0) is 37.7 Å². The molecule has 186 valence electrons. The van der Waals surface area contributed by atoms with Crippen LogP contribution in [-0.4, -0.2) is 41.6 Å². The van der Waals surface area contributed by atoms with Gasteiger partial charge in [0.05, 0.1) is 24.6 Å². The maximum atomic E-state index is 12.9. The van der Waals surface area contributed by atoms with E-state index in [1.165, 1.54) is 0 Å². The van der Waals surface area contributed by atoms with Crippen molar-refractivity contribution < 1.29 is 24.2 Å². The van der Waals surface area contributed by atoms with Gasteiger partial charge in [0.1, 0.15) is 6.10 Å². The highest BCUT2D eigenvalue weighted by Gasteiger charge is 2.35. The fraction of sp³-hybridized carbons (Fsp3) is 0.519. The topological polar surface area (TPSA) is 105 Å². The Hall–Kier alpha value is -2.93. The molecular formula is C27H38N2O5. The minimum atomic E-state index is -0.629.